The molecule has 2 N–H and O–H groups in total. The number of ether oxygens (including phenoxy) is 1. The zero-order valence-corrected chi connectivity index (χ0v) is 19.0. The van der Waals surface area contributed by atoms with E-state index in [4.69, 9.17) is 4.74 Å². The smallest absolute Gasteiger partial charge is 0.236 e. The predicted molar refractivity (Wildman–Crippen MR) is 127 cm³/mol. The SMILES string of the molecule is Cc1ccc(CS(=O)(=O)Nc2ccc(Nc3cc(C)nc(N4CCOCC4)n3)cc2)cc1. The molecular weight excluding hydrogens is 426 g/mol. The molecule has 0 bridgehead atoms. The standard InChI is InChI=1S/C23H27N5O3S/c1-17-3-5-19(6-4-17)16-32(29,30)27-21-9-7-20(8-10-21)25-22-15-18(2)24-23(26-22)28-11-13-31-14-12-28/h3-10,15,27H,11-14,16H2,1-2H3,(H,24,25,26). The predicted octanol–water partition coefficient (Wildman–Crippen LogP) is 3.62. The van der Waals surface area contributed by atoms with Crippen molar-refractivity contribution in [2.45, 2.75) is 19.6 Å². The van der Waals surface area contributed by atoms with Crippen molar-refractivity contribution in [1.82, 2.24) is 9.97 Å². The number of rotatable bonds is 7. The fourth-order valence-corrected chi connectivity index (χ4v) is 4.61. The summed E-state index contributed by atoms with van der Waals surface area (Å²) in [6.07, 6.45) is 0. The van der Waals surface area contributed by atoms with Gasteiger partial charge in [0.25, 0.3) is 0 Å². The number of sulfonamides is 1. The van der Waals surface area contributed by atoms with Gasteiger partial charge in [-0.2, -0.15) is 4.98 Å². The van der Waals surface area contributed by atoms with Crippen LogP contribution in [-0.4, -0.2) is 44.7 Å². The fourth-order valence-electron chi connectivity index (χ4n) is 3.41. The zero-order chi connectivity index (χ0) is 22.6. The molecule has 0 saturated carbocycles. The van der Waals surface area contributed by atoms with E-state index >= 15 is 0 Å². The van der Waals surface area contributed by atoms with E-state index in [1.165, 1.54) is 0 Å². The van der Waals surface area contributed by atoms with Gasteiger partial charge in [0.2, 0.25) is 16.0 Å². The minimum absolute atomic E-state index is 0.0716. The molecule has 1 saturated heterocycles. The number of aryl methyl sites for hydroxylation is 2. The topological polar surface area (TPSA) is 96.5 Å². The van der Waals surface area contributed by atoms with Gasteiger partial charge in [0, 0.05) is 36.2 Å². The summed E-state index contributed by atoms with van der Waals surface area (Å²) in [4.78, 5) is 11.3. The Balaban J connectivity index is 1.41. The van der Waals surface area contributed by atoms with Crippen molar-refractivity contribution in [3.8, 4) is 0 Å². The largest absolute Gasteiger partial charge is 0.378 e. The monoisotopic (exact) mass is 453 g/mol. The quantitative estimate of drug-likeness (QED) is 0.564. The maximum absolute atomic E-state index is 12.5. The third-order valence-electron chi connectivity index (χ3n) is 5.04. The number of benzene rings is 2. The summed E-state index contributed by atoms with van der Waals surface area (Å²) in [5.74, 6) is 1.29. The highest BCUT2D eigenvalue weighted by molar-refractivity contribution is 7.91. The molecule has 9 heteroatoms. The second-order valence-electron chi connectivity index (χ2n) is 7.84. The van der Waals surface area contributed by atoms with Gasteiger partial charge in [-0.1, -0.05) is 29.8 Å². The maximum Gasteiger partial charge on any atom is 0.236 e. The van der Waals surface area contributed by atoms with E-state index < -0.39 is 10.0 Å². The molecule has 32 heavy (non-hydrogen) atoms. The van der Waals surface area contributed by atoms with Gasteiger partial charge in [0.1, 0.15) is 5.82 Å². The van der Waals surface area contributed by atoms with Crippen LogP contribution < -0.4 is 14.9 Å². The first-order chi connectivity index (χ1) is 15.4. The van der Waals surface area contributed by atoms with Crippen LogP contribution in [0.5, 0.6) is 0 Å². The van der Waals surface area contributed by atoms with Gasteiger partial charge in [-0.05, 0) is 43.7 Å². The van der Waals surface area contributed by atoms with Crippen molar-refractivity contribution in [2.75, 3.05) is 41.2 Å². The normalized spacial score (nSPS) is 14.2. The first-order valence-corrected chi connectivity index (χ1v) is 12.1. The lowest BCUT2D eigenvalue weighted by molar-refractivity contribution is 0.122. The minimum Gasteiger partial charge on any atom is -0.378 e. The molecule has 4 rings (SSSR count). The Morgan fingerprint density at radius 3 is 2.28 bits per heavy atom. The number of nitrogens with zero attached hydrogens (tertiary/aromatic N) is 3. The lowest BCUT2D eigenvalue weighted by Gasteiger charge is -2.27. The van der Waals surface area contributed by atoms with E-state index in [9.17, 15) is 8.42 Å². The van der Waals surface area contributed by atoms with E-state index in [-0.39, 0.29) is 5.75 Å². The second-order valence-corrected chi connectivity index (χ2v) is 9.57. The van der Waals surface area contributed by atoms with Crippen LogP contribution in [0.15, 0.2) is 54.6 Å². The molecule has 0 amide bonds. The Labute approximate surface area is 188 Å². The van der Waals surface area contributed by atoms with Gasteiger partial charge < -0.3 is 15.0 Å². The fraction of sp³-hybridized carbons (Fsp3) is 0.304. The molecule has 1 aromatic heterocycles. The van der Waals surface area contributed by atoms with Crippen molar-refractivity contribution in [3.63, 3.8) is 0 Å². The Bertz CT molecular complexity index is 1160. The van der Waals surface area contributed by atoms with Crippen molar-refractivity contribution < 1.29 is 13.2 Å². The van der Waals surface area contributed by atoms with Crippen LogP contribution in [0.4, 0.5) is 23.1 Å². The molecule has 0 radical (unpaired) electrons. The number of hydrogen-bond donors (Lipinski definition) is 2. The first kappa shape index (κ1) is 22.0. The molecule has 1 aliphatic heterocycles. The van der Waals surface area contributed by atoms with Crippen LogP contribution in [0.1, 0.15) is 16.8 Å². The molecule has 1 aliphatic rings. The highest BCUT2D eigenvalue weighted by Gasteiger charge is 2.15. The average molecular weight is 454 g/mol. The molecule has 2 heterocycles. The van der Waals surface area contributed by atoms with E-state index in [1.807, 2.05) is 56.3 Å². The molecule has 1 fully saturated rings. The van der Waals surface area contributed by atoms with E-state index in [0.29, 0.717) is 30.7 Å². The van der Waals surface area contributed by atoms with Crippen LogP contribution in [-0.2, 0) is 20.5 Å². The van der Waals surface area contributed by atoms with Gasteiger partial charge in [-0.25, -0.2) is 13.4 Å². The summed E-state index contributed by atoms with van der Waals surface area (Å²) >= 11 is 0. The minimum atomic E-state index is -3.50. The summed E-state index contributed by atoms with van der Waals surface area (Å²) < 4.78 is 33.0. The molecule has 0 unspecified atom stereocenters. The number of anilines is 4. The first-order valence-electron chi connectivity index (χ1n) is 10.5. The van der Waals surface area contributed by atoms with Crippen molar-refractivity contribution in [2.24, 2.45) is 0 Å². The number of morpholine rings is 1. The average Bonchev–Trinajstić information content (AvgIpc) is 2.77. The Morgan fingerprint density at radius 1 is 0.938 bits per heavy atom. The summed E-state index contributed by atoms with van der Waals surface area (Å²) in [6.45, 7) is 6.77. The van der Waals surface area contributed by atoms with Crippen LogP contribution in [0.3, 0.4) is 0 Å². The van der Waals surface area contributed by atoms with Gasteiger partial charge in [-0.15, -0.1) is 0 Å². The third kappa shape index (κ3) is 5.95. The van der Waals surface area contributed by atoms with Gasteiger partial charge in [0.05, 0.1) is 19.0 Å². The Hall–Kier alpha value is -3.17. The lowest BCUT2D eigenvalue weighted by Crippen LogP contribution is -2.37. The number of nitrogens with one attached hydrogen (secondary N) is 2. The van der Waals surface area contributed by atoms with E-state index in [2.05, 4.69) is 24.9 Å². The molecular formula is C23H27N5O3S. The van der Waals surface area contributed by atoms with Crippen molar-refractivity contribution in [1.29, 1.82) is 0 Å². The summed E-state index contributed by atoms with van der Waals surface area (Å²) in [5.41, 5.74) is 4.02. The highest BCUT2D eigenvalue weighted by Crippen LogP contribution is 2.22. The third-order valence-corrected chi connectivity index (χ3v) is 6.30. The number of hydrogen-bond acceptors (Lipinski definition) is 7. The lowest BCUT2D eigenvalue weighted by atomic mass is 10.2. The van der Waals surface area contributed by atoms with Gasteiger partial charge in [-0.3, -0.25) is 4.72 Å². The van der Waals surface area contributed by atoms with Gasteiger partial charge in [0.15, 0.2) is 0 Å². The van der Waals surface area contributed by atoms with Crippen molar-refractivity contribution >= 4 is 33.2 Å². The maximum atomic E-state index is 12.5. The molecule has 3 aromatic rings. The molecule has 8 nitrogen and oxygen atoms in total. The number of aromatic nitrogens is 2. The second kappa shape index (κ2) is 9.54. The van der Waals surface area contributed by atoms with Crippen LogP contribution >= 0.6 is 0 Å². The van der Waals surface area contributed by atoms with Crippen LogP contribution in [0, 0.1) is 13.8 Å². The van der Waals surface area contributed by atoms with Gasteiger partial charge >= 0.3 is 0 Å². The molecule has 0 aliphatic carbocycles. The van der Waals surface area contributed by atoms with E-state index in [0.717, 1.165) is 35.6 Å². The van der Waals surface area contributed by atoms with Crippen LogP contribution in [0.25, 0.3) is 0 Å². The Kier molecular flexibility index (Phi) is 6.57. The Morgan fingerprint density at radius 2 is 1.59 bits per heavy atom. The van der Waals surface area contributed by atoms with E-state index in [1.54, 1.807) is 12.1 Å². The molecule has 0 atom stereocenters. The van der Waals surface area contributed by atoms with Crippen LogP contribution in [0.2, 0.25) is 0 Å². The highest BCUT2D eigenvalue weighted by atomic mass is 32.2. The summed E-state index contributed by atoms with van der Waals surface area (Å²) in [7, 11) is -3.50. The molecule has 0 spiro atoms. The zero-order valence-electron chi connectivity index (χ0n) is 18.2. The summed E-state index contributed by atoms with van der Waals surface area (Å²) in [5, 5.41) is 3.27. The summed E-state index contributed by atoms with van der Waals surface area (Å²) in [6, 6.07) is 16.4. The van der Waals surface area contributed by atoms with Crippen molar-refractivity contribution in [3.05, 3.63) is 71.4 Å². The molecule has 2 aromatic carbocycles. The molecule has 168 valence electrons.